The Bertz CT molecular complexity index is 399. The number of hydrogen-bond acceptors (Lipinski definition) is 2. The molecule has 0 N–H and O–H groups in total. The Morgan fingerprint density at radius 3 is 2.83 bits per heavy atom. The molecule has 2 nitrogen and oxygen atoms in total. The van der Waals surface area contributed by atoms with Crippen molar-refractivity contribution in [3.63, 3.8) is 0 Å². The summed E-state index contributed by atoms with van der Waals surface area (Å²) in [4.78, 5) is 0. The van der Waals surface area contributed by atoms with E-state index in [-0.39, 0.29) is 6.10 Å². The Morgan fingerprint density at radius 1 is 1.11 bits per heavy atom. The lowest BCUT2D eigenvalue weighted by Crippen LogP contribution is -2.38. The van der Waals surface area contributed by atoms with Gasteiger partial charge in [0.15, 0.2) is 0 Å². The zero-order valence-electron chi connectivity index (χ0n) is 10.6. The smallest absolute Gasteiger partial charge is 0.103 e. The van der Waals surface area contributed by atoms with Gasteiger partial charge in [-0.05, 0) is 30.9 Å². The highest BCUT2D eigenvalue weighted by molar-refractivity contribution is 5.13. The van der Waals surface area contributed by atoms with Crippen molar-refractivity contribution in [2.75, 3.05) is 0 Å². The van der Waals surface area contributed by atoms with Crippen LogP contribution in [-0.2, 0) is 16.1 Å². The third kappa shape index (κ3) is 2.59. The summed E-state index contributed by atoms with van der Waals surface area (Å²) in [5.74, 6) is 0.549. The van der Waals surface area contributed by atoms with E-state index >= 15 is 0 Å². The van der Waals surface area contributed by atoms with Crippen molar-refractivity contribution in [1.82, 2.24) is 0 Å². The molecule has 0 spiro atoms. The summed E-state index contributed by atoms with van der Waals surface area (Å²) in [7, 11) is 0. The fourth-order valence-electron chi connectivity index (χ4n) is 2.98. The van der Waals surface area contributed by atoms with Crippen LogP contribution in [0.3, 0.4) is 0 Å². The van der Waals surface area contributed by atoms with E-state index in [9.17, 15) is 0 Å². The van der Waals surface area contributed by atoms with Crippen LogP contribution >= 0.6 is 0 Å². The molecule has 1 aliphatic heterocycles. The predicted molar refractivity (Wildman–Crippen MR) is 71.0 cm³/mol. The van der Waals surface area contributed by atoms with Crippen LogP contribution in [0, 0.1) is 5.92 Å². The summed E-state index contributed by atoms with van der Waals surface area (Å²) in [6, 6.07) is 10.4. The third-order valence-electron chi connectivity index (χ3n) is 3.98. The second kappa shape index (κ2) is 5.57. The summed E-state index contributed by atoms with van der Waals surface area (Å²) < 4.78 is 11.8. The maximum Gasteiger partial charge on any atom is 0.103 e. The lowest BCUT2D eigenvalue weighted by atomic mass is 9.81. The SMILES string of the molecule is C1=C[C@H](OCc2ccccc2)[C@@H]2CCCC[C@@H]2O1. The number of rotatable bonds is 3. The average Bonchev–Trinajstić information content (AvgIpc) is 2.46. The maximum atomic E-state index is 6.07. The van der Waals surface area contributed by atoms with Crippen molar-refractivity contribution in [1.29, 1.82) is 0 Å². The van der Waals surface area contributed by atoms with Crippen molar-refractivity contribution in [3.05, 3.63) is 48.2 Å². The van der Waals surface area contributed by atoms with Crippen molar-refractivity contribution in [3.8, 4) is 0 Å². The molecule has 1 fully saturated rings. The van der Waals surface area contributed by atoms with Gasteiger partial charge in [0.1, 0.15) is 6.10 Å². The Kier molecular flexibility index (Phi) is 3.65. The first-order valence-corrected chi connectivity index (χ1v) is 6.91. The molecular formula is C16H20O2. The fraction of sp³-hybridized carbons (Fsp3) is 0.500. The van der Waals surface area contributed by atoms with E-state index in [0.717, 1.165) is 0 Å². The normalized spacial score (nSPS) is 30.6. The highest BCUT2D eigenvalue weighted by Crippen LogP contribution is 2.34. The average molecular weight is 244 g/mol. The van der Waals surface area contributed by atoms with E-state index in [1.54, 1.807) is 0 Å². The van der Waals surface area contributed by atoms with E-state index in [1.165, 1.54) is 31.2 Å². The van der Waals surface area contributed by atoms with Crippen LogP contribution in [0.15, 0.2) is 42.7 Å². The molecule has 1 aromatic rings. The molecule has 96 valence electrons. The third-order valence-corrected chi connectivity index (χ3v) is 3.98. The Hall–Kier alpha value is -1.28. The van der Waals surface area contributed by atoms with Crippen LogP contribution in [0.5, 0.6) is 0 Å². The van der Waals surface area contributed by atoms with E-state index in [2.05, 4.69) is 30.3 Å². The lowest BCUT2D eigenvalue weighted by molar-refractivity contribution is -0.0592. The van der Waals surface area contributed by atoms with Crippen molar-refractivity contribution >= 4 is 0 Å². The number of benzene rings is 1. The monoisotopic (exact) mass is 244 g/mol. The number of fused-ring (bicyclic) bond motifs is 1. The number of hydrogen-bond donors (Lipinski definition) is 0. The molecule has 2 heteroatoms. The molecule has 0 amide bonds. The standard InChI is InChI=1S/C16H20O2/c1-2-6-13(7-3-1)12-18-16-10-11-17-15-9-5-4-8-14(15)16/h1-3,6-7,10-11,14-16H,4-5,8-9,12H2/t14-,15+,16+/m1/s1. The van der Waals surface area contributed by atoms with Crippen molar-refractivity contribution in [2.45, 2.75) is 44.5 Å². The molecule has 3 atom stereocenters. The fourth-order valence-corrected chi connectivity index (χ4v) is 2.98. The van der Waals surface area contributed by atoms with E-state index in [0.29, 0.717) is 18.6 Å². The highest BCUT2D eigenvalue weighted by atomic mass is 16.5. The number of ether oxygens (including phenoxy) is 2. The van der Waals surface area contributed by atoms with Gasteiger partial charge in [0, 0.05) is 5.92 Å². The van der Waals surface area contributed by atoms with Gasteiger partial charge < -0.3 is 9.47 Å². The molecule has 0 bridgehead atoms. The molecule has 0 radical (unpaired) electrons. The van der Waals surface area contributed by atoms with Crippen molar-refractivity contribution < 1.29 is 9.47 Å². The van der Waals surface area contributed by atoms with Gasteiger partial charge in [0.25, 0.3) is 0 Å². The Balaban J connectivity index is 1.61. The molecular weight excluding hydrogens is 224 g/mol. The van der Waals surface area contributed by atoms with Gasteiger partial charge >= 0.3 is 0 Å². The maximum absolute atomic E-state index is 6.07. The molecule has 1 saturated carbocycles. The first-order chi connectivity index (χ1) is 8.93. The highest BCUT2D eigenvalue weighted by Gasteiger charge is 2.34. The van der Waals surface area contributed by atoms with Crippen LogP contribution in [0.2, 0.25) is 0 Å². The zero-order valence-corrected chi connectivity index (χ0v) is 10.6. The summed E-state index contributed by atoms with van der Waals surface area (Å²) in [5, 5.41) is 0. The molecule has 18 heavy (non-hydrogen) atoms. The Morgan fingerprint density at radius 2 is 1.94 bits per heavy atom. The molecule has 1 heterocycles. The zero-order chi connectivity index (χ0) is 12.2. The second-order valence-electron chi connectivity index (χ2n) is 5.21. The lowest BCUT2D eigenvalue weighted by Gasteiger charge is -2.37. The molecule has 1 aromatic carbocycles. The van der Waals surface area contributed by atoms with E-state index < -0.39 is 0 Å². The van der Waals surface area contributed by atoms with E-state index in [4.69, 9.17) is 9.47 Å². The van der Waals surface area contributed by atoms with Gasteiger partial charge in [-0.15, -0.1) is 0 Å². The van der Waals surface area contributed by atoms with Gasteiger partial charge in [-0.2, -0.15) is 0 Å². The van der Waals surface area contributed by atoms with Gasteiger partial charge in [-0.25, -0.2) is 0 Å². The molecule has 0 unspecified atom stereocenters. The van der Waals surface area contributed by atoms with Crippen LogP contribution < -0.4 is 0 Å². The quantitative estimate of drug-likeness (QED) is 0.807. The first-order valence-electron chi connectivity index (χ1n) is 6.91. The van der Waals surface area contributed by atoms with Crippen LogP contribution in [0.4, 0.5) is 0 Å². The minimum Gasteiger partial charge on any atom is -0.498 e. The van der Waals surface area contributed by atoms with Crippen LogP contribution in [-0.4, -0.2) is 12.2 Å². The van der Waals surface area contributed by atoms with Gasteiger partial charge in [0.05, 0.1) is 19.0 Å². The topological polar surface area (TPSA) is 18.5 Å². The largest absolute Gasteiger partial charge is 0.498 e. The van der Waals surface area contributed by atoms with Crippen LogP contribution in [0.1, 0.15) is 31.2 Å². The van der Waals surface area contributed by atoms with Crippen molar-refractivity contribution in [2.24, 2.45) is 5.92 Å². The molecule has 0 saturated heterocycles. The molecule has 2 aliphatic rings. The minimum absolute atomic E-state index is 0.226. The molecule has 1 aliphatic carbocycles. The van der Waals surface area contributed by atoms with Crippen LogP contribution in [0.25, 0.3) is 0 Å². The summed E-state index contributed by atoms with van der Waals surface area (Å²) in [6.07, 6.45) is 9.53. The molecule has 0 aromatic heterocycles. The minimum atomic E-state index is 0.226. The summed E-state index contributed by atoms with van der Waals surface area (Å²) in [6.45, 7) is 0.694. The van der Waals surface area contributed by atoms with E-state index in [1.807, 2.05) is 12.3 Å². The summed E-state index contributed by atoms with van der Waals surface area (Å²) >= 11 is 0. The molecule has 3 rings (SSSR count). The van der Waals surface area contributed by atoms with Gasteiger partial charge in [-0.1, -0.05) is 36.8 Å². The first kappa shape index (κ1) is 11.8. The summed E-state index contributed by atoms with van der Waals surface area (Å²) in [5.41, 5.74) is 1.24. The van der Waals surface area contributed by atoms with Gasteiger partial charge in [-0.3, -0.25) is 0 Å². The van der Waals surface area contributed by atoms with Gasteiger partial charge in [0.2, 0.25) is 0 Å². The predicted octanol–water partition coefficient (Wildman–Crippen LogP) is 3.67. The Labute approximate surface area is 109 Å². The second-order valence-corrected chi connectivity index (χ2v) is 5.21.